The van der Waals surface area contributed by atoms with Gasteiger partial charge in [-0.25, -0.2) is 0 Å². The molecule has 0 aromatic heterocycles. The van der Waals surface area contributed by atoms with Crippen LogP contribution in [0.5, 0.6) is 0 Å². The summed E-state index contributed by atoms with van der Waals surface area (Å²) in [6.45, 7) is 6.00. The Morgan fingerprint density at radius 2 is 1.88 bits per heavy atom. The van der Waals surface area contributed by atoms with Crippen molar-refractivity contribution in [1.29, 1.82) is 0 Å². The lowest BCUT2D eigenvalue weighted by Crippen LogP contribution is -2.34. The SMILES string of the molecule is CC1CCN(CCC(N)c2ccccc2)CC1. The van der Waals surface area contributed by atoms with E-state index in [1.165, 1.54) is 31.5 Å². The number of hydrogen-bond acceptors (Lipinski definition) is 2. The van der Waals surface area contributed by atoms with Crippen molar-refractivity contribution in [3.05, 3.63) is 35.9 Å². The van der Waals surface area contributed by atoms with E-state index < -0.39 is 0 Å². The van der Waals surface area contributed by atoms with Gasteiger partial charge in [0.15, 0.2) is 0 Å². The molecule has 1 aliphatic heterocycles. The Kier molecular flexibility index (Phi) is 4.57. The Bertz CT molecular complexity index is 315. The lowest BCUT2D eigenvalue weighted by molar-refractivity contribution is 0.187. The maximum Gasteiger partial charge on any atom is 0.0307 e. The zero-order valence-electron chi connectivity index (χ0n) is 10.8. The third-order valence-electron chi connectivity index (χ3n) is 3.86. The second kappa shape index (κ2) is 6.18. The molecule has 0 amide bonds. The molecule has 1 aliphatic rings. The highest BCUT2D eigenvalue weighted by Crippen LogP contribution is 2.18. The molecule has 1 heterocycles. The number of piperidine rings is 1. The van der Waals surface area contributed by atoms with E-state index in [1.807, 2.05) is 6.07 Å². The van der Waals surface area contributed by atoms with E-state index in [0.29, 0.717) is 0 Å². The number of hydrogen-bond donors (Lipinski definition) is 1. The van der Waals surface area contributed by atoms with Crippen LogP contribution in [0.3, 0.4) is 0 Å². The molecule has 0 bridgehead atoms. The summed E-state index contributed by atoms with van der Waals surface area (Å²) >= 11 is 0. The van der Waals surface area contributed by atoms with Crippen molar-refractivity contribution >= 4 is 0 Å². The second-order valence-corrected chi connectivity index (χ2v) is 5.33. The van der Waals surface area contributed by atoms with Gasteiger partial charge in [-0.15, -0.1) is 0 Å². The minimum absolute atomic E-state index is 0.190. The van der Waals surface area contributed by atoms with E-state index >= 15 is 0 Å². The van der Waals surface area contributed by atoms with Crippen LogP contribution in [0.2, 0.25) is 0 Å². The Morgan fingerprint density at radius 3 is 2.53 bits per heavy atom. The van der Waals surface area contributed by atoms with Crippen molar-refractivity contribution in [1.82, 2.24) is 4.90 Å². The van der Waals surface area contributed by atoms with E-state index in [1.54, 1.807) is 0 Å². The molecule has 1 fully saturated rings. The van der Waals surface area contributed by atoms with Crippen LogP contribution < -0.4 is 5.73 Å². The zero-order valence-corrected chi connectivity index (χ0v) is 10.8. The molecule has 0 saturated carbocycles. The van der Waals surface area contributed by atoms with Gasteiger partial charge in [0.05, 0.1) is 0 Å². The first-order valence-corrected chi connectivity index (χ1v) is 6.78. The molecule has 0 radical (unpaired) electrons. The summed E-state index contributed by atoms with van der Waals surface area (Å²) < 4.78 is 0. The van der Waals surface area contributed by atoms with Crippen molar-refractivity contribution in [2.24, 2.45) is 11.7 Å². The van der Waals surface area contributed by atoms with Crippen LogP contribution in [0.15, 0.2) is 30.3 Å². The van der Waals surface area contributed by atoms with E-state index in [9.17, 15) is 0 Å². The smallest absolute Gasteiger partial charge is 0.0307 e. The molecule has 1 unspecified atom stereocenters. The predicted octanol–water partition coefficient (Wildman–Crippen LogP) is 2.81. The Hall–Kier alpha value is -0.860. The van der Waals surface area contributed by atoms with Crippen molar-refractivity contribution in [2.75, 3.05) is 19.6 Å². The molecule has 1 aromatic carbocycles. The third-order valence-corrected chi connectivity index (χ3v) is 3.86. The molecule has 0 spiro atoms. The van der Waals surface area contributed by atoms with Crippen LogP contribution in [-0.2, 0) is 0 Å². The van der Waals surface area contributed by atoms with Crippen LogP contribution in [0.1, 0.15) is 37.8 Å². The van der Waals surface area contributed by atoms with Crippen molar-refractivity contribution in [3.8, 4) is 0 Å². The maximum absolute atomic E-state index is 6.21. The molecule has 1 atom stereocenters. The highest BCUT2D eigenvalue weighted by molar-refractivity contribution is 5.18. The monoisotopic (exact) mass is 232 g/mol. The van der Waals surface area contributed by atoms with E-state index in [4.69, 9.17) is 5.73 Å². The normalized spacial score (nSPS) is 20.4. The van der Waals surface area contributed by atoms with Gasteiger partial charge in [-0.1, -0.05) is 37.3 Å². The highest BCUT2D eigenvalue weighted by Gasteiger charge is 2.16. The molecule has 2 heteroatoms. The first-order chi connectivity index (χ1) is 8.25. The van der Waals surface area contributed by atoms with E-state index in [-0.39, 0.29) is 6.04 Å². The second-order valence-electron chi connectivity index (χ2n) is 5.33. The van der Waals surface area contributed by atoms with Gasteiger partial charge in [-0.2, -0.15) is 0 Å². The van der Waals surface area contributed by atoms with Crippen LogP contribution in [0, 0.1) is 5.92 Å². The summed E-state index contributed by atoms with van der Waals surface area (Å²) in [5, 5.41) is 0. The molecule has 1 aromatic rings. The molecule has 0 aliphatic carbocycles. The van der Waals surface area contributed by atoms with Crippen molar-refractivity contribution < 1.29 is 0 Å². The van der Waals surface area contributed by atoms with Crippen LogP contribution >= 0.6 is 0 Å². The summed E-state index contributed by atoms with van der Waals surface area (Å²) in [6.07, 6.45) is 3.76. The summed E-state index contributed by atoms with van der Waals surface area (Å²) in [7, 11) is 0. The third kappa shape index (κ3) is 3.83. The van der Waals surface area contributed by atoms with Crippen LogP contribution in [0.4, 0.5) is 0 Å². The van der Waals surface area contributed by atoms with E-state index in [0.717, 1.165) is 18.9 Å². The summed E-state index contributed by atoms with van der Waals surface area (Å²) in [6, 6.07) is 10.6. The molecule has 94 valence electrons. The van der Waals surface area contributed by atoms with Gasteiger partial charge in [0.1, 0.15) is 0 Å². The van der Waals surface area contributed by atoms with Crippen LogP contribution in [-0.4, -0.2) is 24.5 Å². The zero-order chi connectivity index (χ0) is 12.1. The predicted molar refractivity (Wildman–Crippen MR) is 72.8 cm³/mol. The number of nitrogens with two attached hydrogens (primary N) is 1. The Labute approximate surface area is 105 Å². The van der Waals surface area contributed by atoms with Gasteiger partial charge in [0.25, 0.3) is 0 Å². The molecule has 2 N–H and O–H groups in total. The first-order valence-electron chi connectivity index (χ1n) is 6.78. The lowest BCUT2D eigenvalue weighted by Gasteiger charge is -2.30. The van der Waals surface area contributed by atoms with Gasteiger partial charge in [0.2, 0.25) is 0 Å². The summed E-state index contributed by atoms with van der Waals surface area (Å²) in [5.41, 5.74) is 7.47. The Morgan fingerprint density at radius 1 is 1.24 bits per heavy atom. The summed E-state index contributed by atoms with van der Waals surface area (Å²) in [5.74, 6) is 0.911. The molecule has 2 rings (SSSR count). The van der Waals surface area contributed by atoms with E-state index in [2.05, 4.69) is 36.1 Å². The van der Waals surface area contributed by atoms with Gasteiger partial charge in [-0.3, -0.25) is 0 Å². The van der Waals surface area contributed by atoms with Crippen molar-refractivity contribution in [3.63, 3.8) is 0 Å². The molecular formula is C15H24N2. The Balaban J connectivity index is 1.75. The summed E-state index contributed by atoms with van der Waals surface area (Å²) in [4.78, 5) is 2.56. The van der Waals surface area contributed by atoms with Gasteiger partial charge < -0.3 is 10.6 Å². The number of likely N-dealkylation sites (tertiary alicyclic amines) is 1. The standard InChI is InChI=1S/C15H24N2/c1-13-7-10-17(11-8-13)12-9-15(16)14-5-3-2-4-6-14/h2-6,13,15H,7-12,16H2,1H3. The quantitative estimate of drug-likeness (QED) is 0.865. The van der Waals surface area contributed by atoms with Crippen molar-refractivity contribution in [2.45, 2.75) is 32.2 Å². The average molecular weight is 232 g/mol. The topological polar surface area (TPSA) is 29.3 Å². The molecule has 1 saturated heterocycles. The maximum atomic E-state index is 6.21. The van der Waals surface area contributed by atoms with Gasteiger partial charge in [-0.05, 0) is 50.4 Å². The molecular weight excluding hydrogens is 208 g/mol. The largest absolute Gasteiger partial charge is 0.324 e. The first kappa shape index (κ1) is 12.6. The fourth-order valence-corrected chi connectivity index (χ4v) is 2.47. The lowest BCUT2D eigenvalue weighted by atomic mass is 9.98. The van der Waals surface area contributed by atoms with Gasteiger partial charge >= 0.3 is 0 Å². The van der Waals surface area contributed by atoms with Gasteiger partial charge in [0, 0.05) is 6.04 Å². The number of benzene rings is 1. The average Bonchev–Trinajstić information content (AvgIpc) is 2.39. The minimum Gasteiger partial charge on any atom is -0.324 e. The fourth-order valence-electron chi connectivity index (χ4n) is 2.47. The highest BCUT2D eigenvalue weighted by atomic mass is 15.1. The number of rotatable bonds is 4. The molecule has 2 nitrogen and oxygen atoms in total. The fraction of sp³-hybridized carbons (Fsp3) is 0.600. The van der Waals surface area contributed by atoms with Crippen LogP contribution in [0.25, 0.3) is 0 Å². The minimum atomic E-state index is 0.190. The number of nitrogens with zero attached hydrogens (tertiary/aromatic N) is 1. The molecule has 17 heavy (non-hydrogen) atoms.